The summed E-state index contributed by atoms with van der Waals surface area (Å²) in [5.41, 5.74) is 0. The maximum Gasteiger partial charge on any atom is 0.226 e. The van der Waals surface area contributed by atoms with Gasteiger partial charge in [0.2, 0.25) is 5.91 Å². The molecule has 6 aliphatic rings. The SMILES string of the molecule is C[C@H]1COC2(CCN(C(=O)C3C4CC5CC(C4)CC3C5)CC2)O1. The van der Waals surface area contributed by atoms with Crippen LogP contribution in [0.1, 0.15) is 51.9 Å². The number of amides is 1. The van der Waals surface area contributed by atoms with Crippen molar-refractivity contribution in [1.82, 2.24) is 4.90 Å². The molecular weight excluding hydrogens is 290 g/mol. The summed E-state index contributed by atoms with van der Waals surface area (Å²) in [4.78, 5) is 15.3. The first-order valence-corrected chi connectivity index (χ1v) is 9.72. The molecule has 0 aromatic carbocycles. The van der Waals surface area contributed by atoms with E-state index in [2.05, 4.69) is 11.8 Å². The van der Waals surface area contributed by atoms with E-state index in [9.17, 15) is 4.79 Å². The van der Waals surface area contributed by atoms with Gasteiger partial charge in [-0.2, -0.15) is 0 Å². The Bertz CT molecular complexity index is 469. The summed E-state index contributed by atoms with van der Waals surface area (Å²) in [6.45, 7) is 4.40. The molecule has 1 amide bonds. The molecule has 4 heteroatoms. The van der Waals surface area contributed by atoms with E-state index in [1.165, 1.54) is 32.1 Å². The molecule has 6 fully saturated rings. The minimum Gasteiger partial charge on any atom is -0.347 e. The van der Waals surface area contributed by atoms with E-state index in [4.69, 9.17) is 9.47 Å². The fourth-order valence-electron chi connectivity index (χ4n) is 6.57. The van der Waals surface area contributed by atoms with Crippen LogP contribution in [0, 0.1) is 29.6 Å². The quantitative estimate of drug-likeness (QED) is 0.746. The summed E-state index contributed by atoms with van der Waals surface area (Å²) in [5.74, 6) is 3.66. The fourth-order valence-corrected chi connectivity index (χ4v) is 6.57. The molecule has 2 saturated heterocycles. The fraction of sp³-hybridized carbons (Fsp3) is 0.947. The van der Waals surface area contributed by atoms with Crippen molar-refractivity contribution in [1.29, 1.82) is 0 Å². The predicted molar refractivity (Wildman–Crippen MR) is 85.6 cm³/mol. The van der Waals surface area contributed by atoms with Crippen LogP contribution in [0.4, 0.5) is 0 Å². The van der Waals surface area contributed by atoms with E-state index < -0.39 is 0 Å². The average molecular weight is 319 g/mol. The normalized spacial score (nSPS) is 47.4. The van der Waals surface area contributed by atoms with Crippen LogP contribution < -0.4 is 0 Å². The van der Waals surface area contributed by atoms with E-state index >= 15 is 0 Å². The molecule has 4 nitrogen and oxygen atoms in total. The lowest BCUT2D eigenvalue weighted by Gasteiger charge is -2.54. The smallest absolute Gasteiger partial charge is 0.226 e. The molecule has 1 atom stereocenters. The first-order valence-electron chi connectivity index (χ1n) is 9.72. The Morgan fingerprint density at radius 2 is 1.61 bits per heavy atom. The molecule has 0 aromatic heterocycles. The summed E-state index contributed by atoms with van der Waals surface area (Å²) in [7, 11) is 0. The first kappa shape index (κ1) is 14.7. The molecule has 4 bridgehead atoms. The molecule has 0 unspecified atom stereocenters. The third-order valence-electron chi connectivity index (χ3n) is 7.35. The van der Waals surface area contributed by atoms with Crippen LogP contribution in [0.5, 0.6) is 0 Å². The van der Waals surface area contributed by atoms with Gasteiger partial charge in [0, 0.05) is 31.8 Å². The summed E-state index contributed by atoms with van der Waals surface area (Å²) in [6.07, 6.45) is 8.63. The topological polar surface area (TPSA) is 38.8 Å². The second kappa shape index (κ2) is 5.19. The summed E-state index contributed by atoms with van der Waals surface area (Å²) < 4.78 is 11.9. The van der Waals surface area contributed by atoms with Crippen molar-refractivity contribution >= 4 is 5.91 Å². The number of ether oxygens (including phenoxy) is 2. The lowest BCUT2D eigenvalue weighted by Crippen LogP contribution is -2.55. The Kier molecular flexibility index (Phi) is 3.32. The van der Waals surface area contributed by atoms with Crippen molar-refractivity contribution in [2.75, 3.05) is 19.7 Å². The predicted octanol–water partition coefficient (Wildman–Crippen LogP) is 2.81. The van der Waals surface area contributed by atoms with Crippen molar-refractivity contribution in [2.45, 2.75) is 63.8 Å². The Labute approximate surface area is 138 Å². The van der Waals surface area contributed by atoms with E-state index in [-0.39, 0.29) is 11.9 Å². The van der Waals surface area contributed by atoms with Crippen molar-refractivity contribution < 1.29 is 14.3 Å². The number of rotatable bonds is 1. The Morgan fingerprint density at radius 1 is 1.00 bits per heavy atom. The zero-order chi connectivity index (χ0) is 15.6. The van der Waals surface area contributed by atoms with Crippen molar-refractivity contribution in [2.24, 2.45) is 29.6 Å². The third-order valence-corrected chi connectivity index (χ3v) is 7.35. The van der Waals surface area contributed by atoms with Crippen molar-refractivity contribution in [3.05, 3.63) is 0 Å². The standard InChI is InChI=1S/C19H29NO3/c1-12-11-22-19(23-12)2-4-20(5-3-19)18(21)17-15-7-13-6-14(9-15)10-16(17)8-13/h12-17H,2-11H2,1H3/t12-,13?,14?,15?,16?,17?/m0/s1. The molecule has 0 aromatic rings. The van der Waals surface area contributed by atoms with Crippen molar-refractivity contribution in [3.63, 3.8) is 0 Å². The van der Waals surface area contributed by atoms with Crippen LogP contribution in [0.3, 0.4) is 0 Å². The highest BCUT2D eigenvalue weighted by molar-refractivity contribution is 5.80. The molecule has 6 rings (SSSR count). The van der Waals surface area contributed by atoms with Gasteiger partial charge in [-0.25, -0.2) is 0 Å². The van der Waals surface area contributed by atoms with Gasteiger partial charge in [-0.1, -0.05) is 0 Å². The van der Waals surface area contributed by atoms with Gasteiger partial charge in [0.05, 0.1) is 12.7 Å². The van der Waals surface area contributed by atoms with E-state index in [1.807, 2.05) is 0 Å². The maximum atomic E-state index is 13.2. The first-order chi connectivity index (χ1) is 11.1. The highest BCUT2D eigenvalue weighted by Gasteiger charge is 2.52. The Morgan fingerprint density at radius 3 is 2.13 bits per heavy atom. The molecule has 1 spiro atoms. The molecule has 23 heavy (non-hydrogen) atoms. The number of likely N-dealkylation sites (tertiary alicyclic amines) is 1. The molecule has 128 valence electrons. The largest absolute Gasteiger partial charge is 0.347 e. The van der Waals surface area contributed by atoms with Gasteiger partial charge >= 0.3 is 0 Å². The Hall–Kier alpha value is -0.610. The minimum absolute atomic E-state index is 0.196. The van der Waals surface area contributed by atoms with Gasteiger partial charge < -0.3 is 14.4 Å². The molecule has 2 heterocycles. The molecular formula is C19H29NO3. The second-order valence-electron chi connectivity index (χ2n) is 8.93. The maximum absolute atomic E-state index is 13.2. The van der Waals surface area contributed by atoms with Gasteiger partial charge in [-0.05, 0) is 62.7 Å². The van der Waals surface area contributed by atoms with Gasteiger partial charge in [0.15, 0.2) is 5.79 Å². The highest BCUT2D eigenvalue weighted by Crippen LogP contribution is 2.57. The van der Waals surface area contributed by atoms with E-state index in [0.717, 1.165) is 37.8 Å². The van der Waals surface area contributed by atoms with Gasteiger partial charge in [-0.3, -0.25) is 4.79 Å². The number of hydrogen-bond acceptors (Lipinski definition) is 3. The average Bonchev–Trinajstić information content (AvgIpc) is 2.87. The highest BCUT2D eigenvalue weighted by atomic mass is 16.7. The number of piperidine rings is 1. The molecule has 4 saturated carbocycles. The van der Waals surface area contributed by atoms with Gasteiger partial charge in [0.25, 0.3) is 0 Å². The molecule has 2 aliphatic heterocycles. The van der Waals surface area contributed by atoms with Crippen LogP contribution in [0.15, 0.2) is 0 Å². The number of nitrogens with zero attached hydrogens (tertiary/aromatic N) is 1. The summed E-state index contributed by atoms with van der Waals surface area (Å²) >= 11 is 0. The van der Waals surface area contributed by atoms with E-state index in [1.54, 1.807) is 0 Å². The molecule has 0 radical (unpaired) electrons. The van der Waals surface area contributed by atoms with Crippen molar-refractivity contribution in [3.8, 4) is 0 Å². The van der Waals surface area contributed by atoms with Gasteiger partial charge in [0.1, 0.15) is 0 Å². The zero-order valence-corrected chi connectivity index (χ0v) is 14.2. The monoisotopic (exact) mass is 319 g/mol. The zero-order valence-electron chi connectivity index (χ0n) is 14.2. The van der Waals surface area contributed by atoms with Crippen LogP contribution in [-0.2, 0) is 14.3 Å². The summed E-state index contributed by atoms with van der Waals surface area (Å²) in [6, 6.07) is 0. The van der Waals surface area contributed by atoms with Gasteiger partial charge in [-0.15, -0.1) is 0 Å². The van der Waals surface area contributed by atoms with E-state index in [0.29, 0.717) is 30.3 Å². The molecule has 0 N–H and O–H groups in total. The second-order valence-corrected chi connectivity index (χ2v) is 8.93. The third kappa shape index (κ3) is 2.36. The number of carbonyl (C=O) groups is 1. The lowest BCUT2D eigenvalue weighted by molar-refractivity contribution is -0.197. The van der Waals surface area contributed by atoms with Crippen LogP contribution in [-0.4, -0.2) is 42.4 Å². The van der Waals surface area contributed by atoms with Crippen LogP contribution in [0.2, 0.25) is 0 Å². The minimum atomic E-state index is -0.389. The van der Waals surface area contributed by atoms with Crippen LogP contribution >= 0.6 is 0 Å². The number of hydrogen-bond donors (Lipinski definition) is 0. The Balaban J connectivity index is 1.26. The molecule has 4 aliphatic carbocycles. The lowest BCUT2D eigenvalue weighted by atomic mass is 9.51. The number of carbonyl (C=O) groups excluding carboxylic acids is 1. The summed E-state index contributed by atoms with van der Waals surface area (Å²) in [5, 5.41) is 0. The van der Waals surface area contributed by atoms with Crippen LogP contribution in [0.25, 0.3) is 0 Å².